The Bertz CT molecular complexity index is 422. The number of nitrogens with zero attached hydrogens (tertiary/aromatic N) is 2. The van der Waals surface area contributed by atoms with Crippen molar-refractivity contribution in [2.45, 2.75) is 51.7 Å². The largest absolute Gasteiger partial charge is 0.292 e. The molecule has 3 N–H and O–H groups in total. The molecule has 104 valence electrons. The van der Waals surface area contributed by atoms with Crippen LogP contribution in [0.25, 0.3) is 0 Å². The van der Waals surface area contributed by atoms with E-state index in [2.05, 4.69) is 29.2 Å². The lowest BCUT2D eigenvalue weighted by atomic mass is 9.97. The molecule has 2 atom stereocenters. The van der Waals surface area contributed by atoms with Gasteiger partial charge in [0.15, 0.2) is 0 Å². The molecule has 5 nitrogen and oxygen atoms in total. The molecule has 1 aliphatic rings. The number of pyridine rings is 1. The summed E-state index contributed by atoms with van der Waals surface area (Å²) >= 11 is 0. The number of nitrogens with one attached hydrogen (secondary N) is 1. The number of hydrazine groups is 1. The molecule has 2 rings (SSSR count). The number of carbonyl (C=O) groups is 1. The number of nitrogen functional groups attached to an aromatic ring is 1. The first-order valence-electron chi connectivity index (χ1n) is 6.83. The highest BCUT2D eigenvalue weighted by Gasteiger charge is 2.24. The fourth-order valence-electron chi connectivity index (χ4n) is 2.71. The van der Waals surface area contributed by atoms with Crippen molar-refractivity contribution in [3.05, 3.63) is 29.6 Å². The molecule has 1 aromatic rings. The first-order valence-corrected chi connectivity index (χ1v) is 6.83. The summed E-state index contributed by atoms with van der Waals surface area (Å²) in [7, 11) is 0. The lowest BCUT2D eigenvalue weighted by molar-refractivity contribution is 0.0933. The van der Waals surface area contributed by atoms with Crippen LogP contribution in [0.1, 0.15) is 49.2 Å². The molecule has 0 radical (unpaired) electrons. The van der Waals surface area contributed by atoms with E-state index in [0.29, 0.717) is 17.6 Å². The van der Waals surface area contributed by atoms with Gasteiger partial charge in [-0.2, -0.15) is 0 Å². The zero-order valence-electron chi connectivity index (χ0n) is 11.6. The van der Waals surface area contributed by atoms with Gasteiger partial charge in [-0.15, -0.1) is 0 Å². The average Bonchev–Trinajstić information content (AvgIpc) is 2.43. The van der Waals surface area contributed by atoms with Crippen LogP contribution in [-0.2, 0) is 6.54 Å². The van der Waals surface area contributed by atoms with Gasteiger partial charge >= 0.3 is 0 Å². The van der Waals surface area contributed by atoms with E-state index >= 15 is 0 Å². The summed E-state index contributed by atoms with van der Waals surface area (Å²) in [6.45, 7) is 5.38. The Labute approximate surface area is 114 Å². The molecule has 19 heavy (non-hydrogen) atoms. The minimum absolute atomic E-state index is 0.307. The quantitative estimate of drug-likeness (QED) is 0.491. The first kappa shape index (κ1) is 14.0. The zero-order valence-corrected chi connectivity index (χ0v) is 11.6. The SMILES string of the molecule is CC1CCCC(C)N1Cc1ccc(C(=O)NN)cn1. The molecule has 0 aliphatic carbocycles. The van der Waals surface area contributed by atoms with Crippen molar-refractivity contribution in [3.8, 4) is 0 Å². The maximum absolute atomic E-state index is 11.3. The fraction of sp³-hybridized carbons (Fsp3) is 0.571. The Morgan fingerprint density at radius 1 is 1.42 bits per heavy atom. The predicted octanol–water partition coefficient (Wildman–Crippen LogP) is 1.45. The van der Waals surface area contributed by atoms with Gasteiger partial charge in [0.05, 0.1) is 11.3 Å². The van der Waals surface area contributed by atoms with E-state index < -0.39 is 0 Å². The standard InChI is InChI=1S/C14H22N4O/c1-10-4-3-5-11(2)18(10)9-13-7-6-12(8-16-13)14(19)17-15/h6-8,10-11H,3-5,9,15H2,1-2H3,(H,17,19). The fourth-order valence-corrected chi connectivity index (χ4v) is 2.71. The zero-order chi connectivity index (χ0) is 13.8. The molecule has 2 heterocycles. The minimum Gasteiger partial charge on any atom is -0.292 e. The topological polar surface area (TPSA) is 71.2 Å². The third-order valence-corrected chi connectivity index (χ3v) is 3.94. The van der Waals surface area contributed by atoms with Crippen molar-refractivity contribution < 1.29 is 4.79 Å². The van der Waals surface area contributed by atoms with Crippen LogP contribution in [0.15, 0.2) is 18.3 Å². The summed E-state index contributed by atoms with van der Waals surface area (Å²) < 4.78 is 0. The number of piperidine rings is 1. The van der Waals surface area contributed by atoms with E-state index in [0.717, 1.165) is 12.2 Å². The summed E-state index contributed by atoms with van der Waals surface area (Å²) in [5.74, 6) is 4.79. The monoisotopic (exact) mass is 262 g/mol. The van der Waals surface area contributed by atoms with E-state index in [1.54, 1.807) is 12.3 Å². The summed E-state index contributed by atoms with van der Waals surface area (Å²) in [6.07, 6.45) is 5.38. The molecule has 5 heteroatoms. The minimum atomic E-state index is -0.307. The van der Waals surface area contributed by atoms with Crippen LogP contribution in [-0.4, -0.2) is 27.9 Å². The molecular formula is C14H22N4O. The summed E-state index contributed by atoms with van der Waals surface area (Å²) in [4.78, 5) is 18.2. The first-order chi connectivity index (χ1) is 9.11. The van der Waals surface area contributed by atoms with Gasteiger partial charge in [0.1, 0.15) is 0 Å². The Hall–Kier alpha value is -1.46. The van der Waals surface area contributed by atoms with Crippen LogP contribution in [0.3, 0.4) is 0 Å². The van der Waals surface area contributed by atoms with Crippen molar-refractivity contribution in [1.29, 1.82) is 0 Å². The van der Waals surface area contributed by atoms with Crippen molar-refractivity contribution in [3.63, 3.8) is 0 Å². The van der Waals surface area contributed by atoms with Crippen LogP contribution < -0.4 is 11.3 Å². The number of nitrogens with two attached hydrogens (primary N) is 1. The van der Waals surface area contributed by atoms with Gasteiger partial charge in [-0.3, -0.25) is 20.1 Å². The number of hydrogen-bond donors (Lipinski definition) is 2. The molecule has 1 aromatic heterocycles. The second kappa shape index (κ2) is 6.12. The Morgan fingerprint density at radius 2 is 2.11 bits per heavy atom. The van der Waals surface area contributed by atoms with Gasteiger partial charge in [0.25, 0.3) is 5.91 Å². The van der Waals surface area contributed by atoms with Gasteiger partial charge in [0.2, 0.25) is 0 Å². The highest BCUT2D eigenvalue weighted by Crippen LogP contribution is 2.24. The lowest BCUT2D eigenvalue weighted by Crippen LogP contribution is -2.43. The number of hydrogen-bond acceptors (Lipinski definition) is 4. The number of aromatic nitrogens is 1. The van der Waals surface area contributed by atoms with Gasteiger partial charge in [-0.25, -0.2) is 5.84 Å². The smallest absolute Gasteiger partial charge is 0.266 e. The van der Waals surface area contributed by atoms with Crippen molar-refractivity contribution >= 4 is 5.91 Å². The van der Waals surface area contributed by atoms with E-state index in [9.17, 15) is 4.79 Å². The number of carbonyl (C=O) groups excluding carboxylic acids is 1. The highest BCUT2D eigenvalue weighted by molar-refractivity contribution is 5.93. The summed E-state index contributed by atoms with van der Waals surface area (Å²) in [5.41, 5.74) is 3.59. The molecule has 1 amide bonds. The van der Waals surface area contributed by atoms with Gasteiger partial charge < -0.3 is 0 Å². The predicted molar refractivity (Wildman–Crippen MR) is 74.2 cm³/mol. The van der Waals surface area contributed by atoms with Crippen LogP contribution in [0.4, 0.5) is 0 Å². The van der Waals surface area contributed by atoms with Crippen LogP contribution >= 0.6 is 0 Å². The number of amides is 1. The molecule has 1 saturated heterocycles. The molecule has 0 aromatic carbocycles. The van der Waals surface area contributed by atoms with Gasteiger partial charge in [0, 0.05) is 24.8 Å². The molecule has 0 saturated carbocycles. The second-order valence-electron chi connectivity index (χ2n) is 5.31. The Morgan fingerprint density at radius 3 is 2.63 bits per heavy atom. The van der Waals surface area contributed by atoms with Crippen LogP contribution in [0.5, 0.6) is 0 Å². The molecule has 2 unspecified atom stereocenters. The van der Waals surface area contributed by atoms with Gasteiger partial charge in [-0.1, -0.05) is 6.42 Å². The average molecular weight is 262 g/mol. The molecule has 1 aliphatic heterocycles. The van der Waals surface area contributed by atoms with Crippen molar-refractivity contribution in [2.75, 3.05) is 0 Å². The highest BCUT2D eigenvalue weighted by atomic mass is 16.2. The third kappa shape index (κ3) is 3.30. The van der Waals surface area contributed by atoms with Crippen molar-refractivity contribution in [1.82, 2.24) is 15.3 Å². The maximum atomic E-state index is 11.3. The van der Waals surface area contributed by atoms with E-state index in [4.69, 9.17) is 5.84 Å². The second-order valence-corrected chi connectivity index (χ2v) is 5.31. The van der Waals surface area contributed by atoms with Gasteiger partial charge in [-0.05, 0) is 38.8 Å². The molecule has 1 fully saturated rings. The number of rotatable bonds is 3. The normalized spacial score (nSPS) is 24.2. The Balaban J connectivity index is 2.04. The third-order valence-electron chi connectivity index (χ3n) is 3.94. The number of likely N-dealkylation sites (tertiary alicyclic amines) is 1. The summed E-state index contributed by atoms with van der Waals surface area (Å²) in [5, 5.41) is 0. The maximum Gasteiger partial charge on any atom is 0.266 e. The summed E-state index contributed by atoms with van der Waals surface area (Å²) in [6, 6.07) is 4.86. The molecule has 0 spiro atoms. The molecule has 0 bridgehead atoms. The van der Waals surface area contributed by atoms with E-state index in [1.165, 1.54) is 19.3 Å². The van der Waals surface area contributed by atoms with Crippen molar-refractivity contribution in [2.24, 2.45) is 5.84 Å². The molecular weight excluding hydrogens is 240 g/mol. The Kier molecular flexibility index (Phi) is 4.50. The lowest BCUT2D eigenvalue weighted by Gasteiger charge is -2.38. The van der Waals surface area contributed by atoms with E-state index in [-0.39, 0.29) is 5.91 Å². The van der Waals surface area contributed by atoms with E-state index in [1.807, 2.05) is 6.07 Å². The van der Waals surface area contributed by atoms with Crippen LogP contribution in [0, 0.1) is 0 Å². The van der Waals surface area contributed by atoms with Crippen LogP contribution in [0.2, 0.25) is 0 Å².